The Labute approximate surface area is 116 Å². The average molecular weight is 263 g/mol. The molecule has 0 aromatic heterocycles. The first-order valence-electron chi connectivity index (χ1n) is 6.84. The molecular weight excluding hydrogens is 238 g/mol. The molecule has 3 heteroatoms. The molecule has 0 bridgehead atoms. The summed E-state index contributed by atoms with van der Waals surface area (Å²) in [6, 6.07) is 5.50. The van der Waals surface area contributed by atoms with E-state index in [1.54, 1.807) is 25.1 Å². The average Bonchev–Trinajstić information content (AvgIpc) is 2.30. The van der Waals surface area contributed by atoms with E-state index in [4.69, 9.17) is 0 Å². The van der Waals surface area contributed by atoms with Crippen molar-refractivity contribution in [1.29, 1.82) is 0 Å². The van der Waals surface area contributed by atoms with E-state index in [9.17, 15) is 9.90 Å². The van der Waals surface area contributed by atoms with Crippen LogP contribution in [0.15, 0.2) is 18.2 Å². The van der Waals surface area contributed by atoms with E-state index in [0.717, 1.165) is 12.0 Å². The zero-order valence-electron chi connectivity index (χ0n) is 12.6. The van der Waals surface area contributed by atoms with E-state index in [-0.39, 0.29) is 11.5 Å². The number of Topliss-reactive ketones (excluding diaryl/α,β-unsaturated/α-hetero) is 1. The number of carbonyl (C=O) groups is 1. The third-order valence-electron chi connectivity index (χ3n) is 3.47. The Hall–Kier alpha value is -1.35. The number of ketones is 1. The molecule has 0 aliphatic heterocycles. The first kappa shape index (κ1) is 15.7. The largest absolute Gasteiger partial charge is 0.508 e. The first-order valence-corrected chi connectivity index (χ1v) is 6.84. The van der Waals surface area contributed by atoms with Gasteiger partial charge in [0.25, 0.3) is 0 Å². The Morgan fingerprint density at radius 2 is 1.95 bits per heavy atom. The maximum atomic E-state index is 11.4. The van der Waals surface area contributed by atoms with Crippen LogP contribution in [0.2, 0.25) is 0 Å². The molecule has 0 amide bonds. The zero-order valence-corrected chi connectivity index (χ0v) is 12.6. The molecule has 0 aliphatic rings. The van der Waals surface area contributed by atoms with Crippen molar-refractivity contribution < 1.29 is 9.90 Å². The van der Waals surface area contributed by atoms with Crippen molar-refractivity contribution in [3.63, 3.8) is 0 Å². The SMILES string of the molecule is CC(=O)c1ccc(O)c(CN(C)C(C)CC(C)C)c1. The monoisotopic (exact) mass is 263 g/mol. The van der Waals surface area contributed by atoms with E-state index in [2.05, 4.69) is 25.7 Å². The highest BCUT2D eigenvalue weighted by Gasteiger charge is 2.14. The van der Waals surface area contributed by atoms with Crippen LogP contribution in [0.4, 0.5) is 0 Å². The van der Waals surface area contributed by atoms with Gasteiger partial charge in [-0.05, 0) is 51.4 Å². The molecule has 0 saturated carbocycles. The van der Waals surface area contributed by atoms with Crippen molar-refractivity contribution in [3.8, 4) is 5.75 Å². The molecule has 106 valence electrons. The van der Waals surface area contributed by atoms with Crippen LogP contribution in [0.25, 0.3) is 0 Å². The highest BCUT2D eigenvalue weighted by molar-refractivity contribution is 5.94. The van der Waals surface area contributed by atoms with Crippen LogP contribution in [-0.2, 0) is 6.54 Å². The molecule has 0 radical (unpaired) electrons. The molecule has 1 N–H and O–H groups in total. The summed E-state index contributed by atoms with van der Waals surface area (Å²) in [7, 11) is 2.05. The highest BCUT2D eigenvalue weighted by atomic mass is 16.3. The Morgan fingerprint density at radius 1 is 1.32 bits per heavy atom. The molecule has 0 fully saturated rings. The fourth-order valence-electron chi connectivity index (χ4n) is 2.22. The van der Waals surface area contributed by atoms with Gasteiger partial charge in [-0.25, -0.2) is 0 Å². The maximum absolute atomic E-state index is 11.4. The quantitative estimate of drug-likeness (QED) is 0.799. The summed E-state index contributed by atoms with van der Waals surface area (Å²) in [6.45, 7) is 8.80. The second-order valence-corrected chi connectivity index (χ2v) is 5.79. The number of rotatable bonds is 6. The summed E-state index contributed by atoms with van der Waals surface area (Å²) in [5.41, 5.74) is 1.46. The van der Waals surface area contributed by atoms with Gasteiger partial charge in [0.05, 0.1) is 0 Å². The summed E-state index contributed by atoms with van der Waals surface area (Å²) in [6.07, 6.45) is 1.11. The highest BCUT2D eigenvalue weighted by Crippen LogP contribution is 2.22. The lowest BCUT2D eigenvalue weighted by atomic mass is 10.0. The molecule has 1 aromatic carbocycles. The Bertz CT molecular complexity index is 440. The van der Waals surface area contributed by atoms with E-state index < -0.39 is 0 Å². The number of phenols is 1. The lowest BCUT2D eigenvalue weighted by Gasteiger charge is -2.26. The summed E-state index contributed by atoms with van der Waals surface area (Å²) in [5, 5.41) is 9.89. The third-order valence-corrected chi connectivity index (χ3v) is 3.47. The fourth-order valence-corrected chi connectivity index (χ4v) is 2.22. The second-order valence-electron chi connectivity index (χ2n) is 5.79. The number of carbonyl (C=O) groups excluding carboxylic acids is 1. The van der Waals surface area contributed by atoms with E-state index in [0.29, 0.717) is 24.1 Å². The normalized spacial score (nSPS) is 13.0. The molecule has 1 aromatic rings. The molecule has 1 unspecified atom stereocenters. The third kappa shape index (κ3) is 4.67. The molecule has 0 aliphatic carbocycles. The molecule has 0 spiro atoms. The Kier molecular flexibility index (Phi) is 5.55. The van der Waals surface area contributed by atoms with Crippen molar-refractivity contribution in [2.24, 2.45) is 5.92 Å². The van der Waals surface area contributed by atoms with Gasteiger partial charge in [-0.15, -0.1) is 0 Å². The molecular formula is C16H25NO2. The van der Waals surface area contributed by atoms with Crippen LogP contribution in [0, 0.1) is 5.92 Å². The first-order chi connectivity index (χ1) is 8.81. The summed E-state index contributed by atoms with van der Waals surface area (Å²) < 4.78 is 0. The van der Waals surface area contributed by atoms with Crippen molar-refractivity contribution in [2.45, 2.75) is 46.7 Å². The van der Waals surface area contributed by atoms with E-state index in [1.165, 1.54) is 0 Å². The summed E-state index contributed by atoms with van der Waals surface area (Å²) in [5.74, 6) is 0.933. The van der Waals surface area contributed by atoms with Crippen LogP contribution in [0.5, 0.6) is 5.75 Å². The fraction of sp³-hybridized carbons (Fsp3) is 0.562. The number of benzene rings is 1. The molecule has 3 nitrogen and oxygen atoms in total. The van der Waals surface area contributed by atoms with Gasteiger partial charge in [0, 0.05) is 23.7 Å². The molecule has 0 saturated heterocycles. The number of hydrogen-bond acceptors (Lipinski definition) is 3. The van der Waals surface area contributed by atoms with Crippen LogP contribution in [0.3, 0.4) is 0 Å². The van der Waals surface area contributed by atoms with Gasteiger partial charge >= 0.3 is 0 Å². The van der Waals surface area contributed by atoms with E-state index >= 15 is 0 Å². The predicted octanol–water partition coefficient (Wildman–Crippen LogP) is 3.46. The van der Waals surface area contributed by atoms with Crippen molar-refractivity contribution in [3.05, 3.63) is 29.3 Å². The topological polar surface area (TPSA) is 40.5 Å². The molecule has 0 heterocycles. The standard InChI is InChI=1S/C16H25NO2/c1-11(2)8-12(3)17(5)10-15-9-14(13(4)18)6-7-16(15)19/h6-7,9,11-12,19H,8,10H2,1-5H3. The van der Waals surface area contributed by atoms with Gasteiger partial charge in [0.15, 0.2) is 5.78 Å². The van der Waals surface area contributed by atoms with Gasteiger partial charge in [-0.3, -0.25) is 9.69 Å². The molecule has 19 heavy (non-hydrogen) atoms. The van der Waals surface area contributed by atoms with Gasteiger partial charge in [-0.2, -0.15) is 0 Å². The van der Waals surface area contributed by atoms with Crippen molar-refractivity contribution in [1.82, 2.24) is 4.90 Å². The van der Waals surface area contributed by atoms with Gasteiger partial charge in [0.1, 0.15) is 5.75 Å². The minimum Gasteiger partial charge on any atom is -0.508 e. The van der Waals surface area contributed by atoms with Crippen LogP contribution in [-0.4, -0.2) is 28.9 Å². The number of phenolic OH excluding ortho intramolecular Hbond substituents is 1. The summed E-state index contributed by atoms with van der Waals surface area (Å²) >= 11 is 0. The lowest BCUT2D eigenvalue weighted by Crippen LogP contribution is -2.29. The minimum absolute atomic E-state index is 0.0270. The van der Waals surface area contributed by atoms with Crippen molar-refractivity contribution >= 4 is 5.78 Å². The van der Waals surface area contributed by atoms with Crippen molar-refractivity contribution in [2.75, 3.05) is 7.05 Å². The van der Waals surface area contributed by atoms with E-state index in [1.807, 2.05) is 7.05 Å². The second kappa shape index (κ2) is 6.71. The Morgan fingerprint density at radius 3 is 2.47 bits per heavy atom. The lowest BCUT2D eigenvalue weighted by molar-refractivity contribution is 0.101. The minimum atomic E-state index is 0.0270. The van der Waals surface area contributed by atoms with Gasteiger partial charge in [-0.1, -0.05) is 13.8 Å². The zero-order chi connectivity index (χ0) is 14.6. The predicted molar refractivity (Wildman–Crippen MR) is 78.5 cm³/mol. The Balaban J connectivity index is 2.80. The molecule has 1 rings (SSSR count). The maximum Gasteiger partial charge on any atom is 0.159 e. The van der Waals surface area contributed by atoms with Gasteiger partial charge < -0.3 is 5.11 Å². The summed E-state index contributed by atoms with van der Waals surface area (Å²) in [4.78, 5) is 13.6. The van der Waals surface area contributed by atoms with Gasteiger partial charge in [0.2, 0.25) is 0 Å². The molecule has 1 atom stereocenters. The van der Waals surface area contributed by atoms with Crippen LogP contribution in [0.1, 0.15) is 50.0 Å². The number of nitrogens with zero attached hydrogens (tertiary/aromatic N) is 1. The smallest absolute Gasteiger partial charge is 0.159 e. The number of hydrogen-bond donors (Lipinski definition) is 1. The number of aromatic hydroxyl groups is 1. The van der Waals surface area contributed by atoms with Crippen LogP contribution < -0.4 is 0 Å². The van der Waals surface area contributed by atoms with Crippen LogP contribution >= 0.6 is 0 Å².